The smallest absolute Gasteiger partial charge is 0.256 e. The molecule has 1 unspecified atom stereocenters. The Hall–Kier alpha value is -3.16. The largest absolute Gasteiger partial charge is 0.383 e. The minimum absolute atomic E-state index is 0.0619. The maximum atomic E-state index is 13.0. The van der Waals surface area contributed by atoms with Gasteiger partial charge >= 0.3 is 0 Å². The van der Waals surface area contributed by atoms with Crippen LogP contribution in [0.15, 0.2) is 48.7 Å². The number of ketones is 1. The maximum absolute atomic E-state index is 13.0. The van der Waals surface area contributed by atoms with Gasteiger partial charge < -0.3 is 15.7 Å². The molecule has 31 heavy (non-hydrogen) atoms. The van der Waals surface area contributed by atoms with Crippen molar-refractivity contribution in [1.82, 2.24) is 14.7 Å². The molecular formula is C23H23ClN4O3. The van der Waals surface area contributed by atoms with Gasteiger partial charge in [0.25, 0.3) is 5.91 Å². The van der Waals surface area contributed by atoms with Crippen LogP contribution in [-0.4, -0.2) is 43.7 Å². The van der Waals surface area contributed by atoms with Gasteiger partial charge in [0, 0.05) is 17.2 Å². The first-order chi connectivity index (χ1) is 14.8. The van der Waals surface area contributed by atoms with Crippen molar-refractivity contribution in [2.75, 3.05) is 5.73 Å². The molecule has 0 saturated heterocycles. The van der Waals surface area contributed by atoms with E-state index in [1.54, 1.807) is 49.4 Å². The highest BCUT2D eigenvalue weighted by Gasteiger charge is 2.35. The molecule has 160 valence electrons. The number of anilines is 1. The second-order valence-electron chi connectivity index (χ2n) is 7.74. The van der Waals surface area contributed by atoms with Crippen LogP contribution >= 0.6 is 11.6 Å². The summed E-state index contributed by atoms with van der Waals surface area (Å²) in [6.45, 7) is 3.46. The molecule has 4 rings (SSSR count). The number of nitrogen functional groups attached to an aromatic ring is 1. The van der Waals surface area contributed by atoms with Gasteiger partial charge in [0.1, 0.15) is 12.0 Å². The number of aliphatic hydroxyl groups is 1. The summed E-state index contributed by atoms with van der Waals surface area (Å²) in [6, 6.07) is 12.0. The average molecular weight is 439 g/mol. The van der Waals surface area contributed by atoms with Crippen LogP contribution in [0, 0.1) is 6.92 Å². The number of rotatable bonds is 6. The Balaban J connectivity index is 1.71. The number of benzene rings is 2. The summed E-state index contributed by atoms with van der Waals surface area (Å²) < 4.78 is 1.44. The Kier molecular flexibility index (Phi) is 5.56. The van der Waals surface area contributed by atoms with Crippen molar-refractivity contribution in [3.8, 4) is 5.69 Å². The molecule has 3 aromatic rings. The fraction of sp³-hybridized carbons (Fsp3) is 0.261. The number of aryl methyl sites for hydroxylation is 1. The topological polar surface area (TPSA) is 101 Å². The van der Waals surface area contributed by atoms with E-state index in [2.05, 4.69) is 5.10 Å². The number of halogens is 1. The minimum atomic E-state index is -0.876. The molecule has 1 amide bonds. The highest BCUT2D eigenvalue weighted by atomic mass is 35.5. The van der Waals surface area contributed by atoms with Crippen molar-refractivity contribution in [2.45, 2.75) is 39.0 Å². The molecule has 0 aliphatic heterocycles. The van der Waals surface area contributed by atoms with Gasteiger partial charge in [0.15, 0.2) is 5.78 Å². The number of amides is 1. The standard InChI is InChI=1S/C23H23ClN4O3/c1-13-7-8-15(23(31)27(14(2)29)16-9-10-16)11-20(13)28-22(25)18(12-26-28)21(30)17-5-3-4-6-19(17)24/h3-8,11-12,14,16,29H,9-10,25H2,1-2H3. The van der Waals surface area contributed by atoms with Crippen molar-refractivity contribution in [3.63, 3.8) is 0 Å². The molecule has 8 heteroatoms. The van der Waals surface area contributed by atoms with Crippen LogP contribution in [0.2, 0.25) is 5.02 Å². The minimum Gasteiger partial charge on any atom is -0.383 e. The zero-order valence-electron chi connectivity index (χ0n) is 17.2. The van der Waals surface area contributed by atoms with Crippen molar-refractivity contribution in [2.24, 2.45) is 0 Å². The number of carbonyl (C=O) groups excluding carboxylic acids is 2. The number of hydrogen-bond donors (Lipinski definition) is 2. The highest BCUT2D eigenvalue weighted by Crippen LogP contribution is 2.31. The van der Waals surface area contributed by atoms with Crippen LogP contribution in [-0.2, 0) is 0 Å². The number of hydrogen-bond acceptors (Lipinski definition) is 5. The Morgan fingerprint density at radius 2 is 1.94 bits per heavy atom. The third kappa shape index (κ3) is 3.94. The molecule has 2 aromatic carbocycles. The number of nitrogens with zero attached hydrogens (tertiary/aromatic N) is 3. The lowest BCUT2D eigenvalue weighted by atomic mass is 10.1. The molecule has 7 nitrogen and oxygen atoms in total. The van der Waals surface area contributed by atoms with Gasteiger partial charge in [-0.1, -0.05) is 29.8 Å². The SMILES string of the molecule is Cc1ccc(C(=O)N(C(C)O)C2CC2)cc1-n1ncc(C(=O)c2ccccc2Cl)c1N. The van der Waals surface area contributed by atoms with E-state index in [1.165, 1.54) is 15.8 Å². The van der Waals surface area contributed by atoms with Gasteiger partial charge in [-0.2, -0.15) is 5.10 Å². The van der Waals surface area contributed by atoms with Crippen molar-refractivity contribution in [3.05, 3.63) is 75.9 Å². The lowest BCUT2D eigenvalue weighted by Crippen LogP contribution is -2.40. The molecule has 1 atom stereocenters. The highest BCUT2D eigenvalue weighted by molar-refractivity contribution is 6.35. The quantitative estimate of drug-likeness (QED) is 0.452. The Morgan fingerprint density at radius 3 is 2.58 bits per heavy atom. The van der Waals surface area contributed by atoms with Crippen molar-refractivity contribution < 1.29 is 14.7 Å². The summed E-state index contributed by atoms with van der Waals surface area (Å²) in [4.78, 5) is 27.4. The molecule has 1 saturated carbocycles. The fourth-order valence-electron chi connectivity index (χ4n) is 3.63. The molecular weight excluding hydrogens is 416 g/mol. The predicted octanol–water partition coefficient (Wildman–Crippen LogP) is 3.59. The molecule has 0 bridgehead atoms. The molecule has 1 aliphatic carbocycles. The predicted molar refractivity (Wildman–Crippen MR) is 118 cm³/mol. The van der Waals surface area contributed by atoms with E-state index in [0.717, 1.165) is 18.4 Å². The average Bonchev–Trinajstić information content (AvgIpc) is 3.49. The van der Waals surface area contributed by atoms with E-state index in [-0.39, 0.29) is 29.1 Å². The molecule has 3 N–H and O–H groups in total. The summed E-state index contributed by atoms with van der Waals surface area (Å²) >= 11 is 6.16. The summed E-state index contributed by atoms with van der Waals surface area (Å²) in [5.41, 5.74) is 8.69. The van der Waals surface area contributed by atoms with Crippen LogP contribution < -0.4 is 5.73 Å². The van der Waals surface area contributed by atoms with Crippen molar-refractivity contribution in [1.29, 1.82) is 0 Å². The Bertz CT molecular complexity index is 1170. The normalized spacial score (nSPS) is 14.3. The van der Waals surface area contributed by atoms with E-state index in [0.29, 0.717) is 21.8 Å². The van der Waals surface area contributed by atoms with Crippen LogP contribution in [0.4, 0.5) is 5.82 Å². The summed E-state index contributed by atoms with van der Waals surface area (Å²) in [7, 11) is 0. The zero-order valence-corrected chi connectivity index (χ0v) is 18.0. The number of aliphatic hydroxyl groups excluding tert-OH is 1. The molecule has 1 fully saturated rings. The van der Waals surface area contributed by atoms with E-state index in [9.17, 15) is 14.7 Å². The van der Waals surface area contributed by atoms with E-state index in [4.69, 9.17) is 17.3 Å². The first kappa shape index (κ1) is 21.1. The van der Waals surface area contributed by atoms with Gasteiger partial charge in [-0.3, -0.25) is 9.59 Å². The van der Waals surface area contributed by atoms with Gasteiger partial charge in [0.2, 0.25) is 0 Å². The van der Waals surface area contributed by atoms with Gasteiger partial charge in [-0.05, 0) is 56.5 Å². The first-order valence-electron chi connectivity index (χ1n) is 10.0. The van der Waals surface area contributed by atoms with Gasteiger partial charge in [0.05, 0.1) is 22.5 Å². The third-order valence-corrected chi connectivity index (χ3v) is 5.76. The summed E-state index contributed by atoms with van der Waals surface area (Å²) in [6.07, 6.45) is 2.30. The second kappa shape index (κ2) is 8.17. The van der Waals surface area contributed by atoms with E-state index in [1.807, 2.05) is 6.92 Å². The fourth-order valence-corrected chi connectivity index (χ4v) is 3.85. The van der Waals surface area contributed by atoms with Crippen molar-refractivity contribution >= 4 is 29.1 Å². The van der Waals surface area contributed by atoms with E-state index >= 15 is 0 Å². The summed E-state index contributed by atoms with van der Waals surface area (Å²) in [5, 5.41) is 14.7. The lowest BCUT2D eigenvalue weighted by Gasteiger charge is -2.25. The molecule has 0 spiro atoms. The Morgan fingerprint density at radius 1 is 1.23 bits per heavy atom. The lowest BCUT2D eigenvalue weighted by molar-refractivity contribution is 0.0137. The second-order valence-corrected chi connectivity index (χ2v) is 8.15. The van der Waals surface area contributed by atoms with Gasteiger partial charge in [-0.15, -0.1) is 0 Å². The van der Waals surface area contributed by atoms with E-state index < -0.39 is 6.23 Å². The monoisotopic (exact) mass is 438 g/mol. The molecule has 1 aromatic heterocycles. The zero-order chi connectivity index (χ0) is 22.3. The Labute approximate surface area is 185 Å². The third-order valence-electron chi connectivity index (χ3n) is 5.43. The maximum Gasteiger partial charge on any atom is 0.256 e. The van der Waals surface area contributed by atoms with Crippen LogP contribution in [0.1, 0.15) is 51.6 Å². The number of aromatic nitrogens is 2. The summed E-state index contributed by atoms with van der Waals surface area (Å²) in [5.74, 6) is -0.419. The molecule has 0 radical (unpaired) electrons. The van der Waals surface area contributed by atoms with Crippen LogP contribution in [0.5, 0.6) is 0 Å². The molecule has 1 heterocycles. The van der Waals surface area contributed by atoms with Gasteiger partial charge in [-0.25, -0.2) is 4.68 Å². The van der Waals surface area contributed by atoms with Crippen LogP contribution in [0.25, 0.3) is 5.69 Å². The molecule has 1 aliphatic rings. The number of nitrogens with two attached hydrogens (primary N) is 1. The first-order valence-corrected chi connectivity index (χ1v) is 10.4. The number of carbonyl (C=O) groups is 2. The van der Waals surface area contributed by atoms with Crippen LogP contribution in [0.3, 0.4) is 0 Å².